The van der Waals surface area contributed by atoms with Gasteiger partial charge in [0.05, 0.1) is 11.6 Å². The molecule has 0 atom stereocenters. The van der Waals surface area contributed by atoms with Crippen molar-refractivity contribution in [2.45, 2.75) is 26.2 Å². The number of nitrogens with one attached hydrogen (secondary N) is 2. The van der Waals surface area contributed by atoms with E-state index in [1.165, 1.54) is 5.57 Å². The summed E-state index contributed by atoms with van der Waals surface area (Å²) in [6, 6.07) is 8.87. The van der Waals surface area contributed by atoms with Crippen molar-refractivity contribution in [1.29, 1.82) is 5.26 Å². The van der Waals surface area contributed by atoms with Crippen LogP contribution in [0.15, 0.2) is 51.3 Å². The fourth-order valence-electron chi connectivity index (χ4n) is 2.62. The molecule has 0 aliphatic heterocycles. The summed E-state index contributed by atoms with van der Waals surface area (Å²) in [4.78, 5) is 22.7. The Balaban J connectivity index is 1.84. The fraction of sp³-hybridized carbons (Fsp3) is 0.222. The zero-order valence-corrected chi connectivity index (χ0v) is 14.4. The average Bonchev–Trinajstić information content (AvgIpc) is 2.58. The fourth-order valence-corrected chi connectivity index (χ4v) is 2.96. The maximum atomic E-state index is 11.9. The Morgan fingerprint density at radius 3 is 2.76 bits per heavy atom. The number of hydrogen-bond donors (Lipinski definition) is 2. The Morgan fingerprint density at radius 1 is 1.32 bits per heavy atom. The van der Waals surface area contributed by atoms with Gasteiger partial charge in [-0.05, 0) is 49.6 Å². The average molecular weight is 354 g/mol. The second-order valence-corrected chi connectivity index (χ2v) is 6.17. The van der Waals surface area contributed by atoms with Crippen molar-refractivity contribution in [2.24, 2.45) is 0 Å². The minimum Gasteiger partial charge on any atom is -0.324 e. The van der Waals surface area contributed by atoms with Crippen LogP contribution in [0.25, 0.3) is 0 Å². The van der Waals surface area contributed by atoms with Crippen molar-refractivity contribution < 1.29 is 0 Å². The maximum absolute atomic E-state index is 11.9. The van der Waals surface area contributed by atoms with Crippen molar-refractivity contribution in [3.63, 3.8) is 0 Å². The van der Waals surface area contributed by atoms with Gasteiger partial charge >= 0.3 is 5.69 Å². The third-order valence-corrected chi connectivity index (χ3v) is 4.34. The lowest BCUT2D eigenvalue weighted by atomic mass is 9.96. The lowest BCUT2D eigenvalue weighted by Crippen LogP contribution is -2.18. The van der Waals surface area contributed by atoms with E-state index in [1.54, 1.807) is 24.3 Å². The SMILES string of the molecule is CC1=C(Cc2nc(Nc3ccc(C#N)cc3)nc(=O)[nH]2)C(Cl)=CCC1. The molecule has 7 heteroatoms. The number of aromatic nitrogens is 3. The van der Waals surface area contributed by atoms with Gasteiger partial charge in [-0.1, -0.05) is 23.3 Å². The Hall–Kier alpha value is -2.91. The first-order valence-corrected chi connectivity index (χ1v) is 8.22. The van der Waals surface area contributed by atoms with Gasteiger partial charge in [-0.25, -0.2) is 4.79 Å². The lowest BCUT2D eigenvalue weighted by molar-refractivity contribution is 0.855. The van der Waals surface area contributed by atoms with Gasteiger partial charge in [0.25, 0.3) is 0 Å². The molecule has 0 amide bonds. The number of anilines is 2. The molecule has 25 heavy (non-hydrogen) atoms. The summed E-state index contributed by atoms with van der Waals surface area (Å²) in [5, 5.41) is 12.5. The molecule has 1 aromatic heterocycles. The third kappa shape index (κ3) is 4.14. The zero-order valence-electron chi connectivity index (χ0n) is 13.6. The van der Waals surface area contributed by atoms with Crippen LogP contribution < -0.4 is 11.0 Å². The highest BCUT2D eigenvalue weighted by Crippen LogP contribution is 2.29. The van der Waals surface area contributed by atoms with Gasteiger partial charge < -0.3 is 5.32 Å². The van der Waals surface area contributed by atoms with E-state index in [1.807, 2.05) is 13.0 Å². The van der Waals surface area contributed by atoms with Crippen molar-refractivity contribution in [3.05, 3.63) is 68.4 Å². The quantitative estimate of drug-likeness (QED) is 0.876. The summed E-state index contributed by atoms with van der Waals surface area (Å²) in [6.07, 6.45) is 4.32. The van der Waals surface area contributed by atoms with Crippen molar-refractivity contribution in [3.8, 4) is 6.07 Å². The van der Waals surface area contributed by atoms with E-state index in [9.17, 15) is 4.79 Å². The molecular formula is C18H16ClN5O. The normalized spacial score (nSPS) is 14.0. The molecule has 2 aromatic rings. The topological polar surface area (TPSA) is 94.5 Å². The Kier molecular flexibility index (Phi) is 4.96. The smallest absolute Gasteiger partial charge is 0.324 e. The van der Waals surface area contributed by atoms with E-state index in [4.69, 9.17) is 16.9 Å². The van der Waals surface area contributed by atoms with Crippen LogP contribution in [0.5, 0.6) is 0 Å². The van der Waals surface area contributed by atoms with Crippen molar-refractivity contribution in [1.82, 2.24) is 15.0 Å². The first-order chi connectivity index (χ1) is 12.0. The van der Waals surface area contributed by atoms with Crippen LogP contribution in [0.4, 0.5) is 11.6 Å². The van der Waals surface area contributed by atoms with Gasteiger partial charge in [-0.15, -0.1) is 0 Å². The number of rotatable bonds is 4. The molecule has 1 heterocycles. The molecule has 1 aliphatic rings. The van der Waals surface area contributed by atoms with Crippen molar-refractivity contribution >= 4 is 23.2 Å². The van der Waals surface area contributed by atoms with E-state index in [0.29, 0.717) is 28.5 Å². The van der Waals surface area contributed by atoms with Crippen LogP contribution >= 0.6 is 11.6 Å². The van der Waals surface area contributed by atoms with Gasteiger partial charge in [-0.2, -0.15) is 15.2 Å². The summed E-state index contributed by atoms with van der Waals surface area (Å²) in [5.74, 6) is 0.705. The number of allylic oxidation sites excluding steroid dienone is 4. The Labute approximate surface area is 149 Å². The number of halogens is 1. The van der Waals surface area contributed by atoms with E-state index in [2.05, 4.69) is 26.3 Å². The van der Waals surface area contributed by atoms with Crippen LogP contribution in [0.1, 0.15) is 31.2 Å². The zero-order chi connectivity index (χ0) is 17.8. The number of benzene rings is 1. The molecule has 0 saturated carbocycles. The van der Waals surface area contributed by atoms with Crippen molar-refractivity contribution in [2.75, 3.05) is 5.32 Å². The molecule has 6 nitrogen and oxygen atoms in total. The molecule has 0 spiro atoms. The summed E-state index contributed by atoms with van der Waals surface area (Å²) in [6.45, 7) is 2.04. The lowest BCUT2D eigenvalue weighted by Gasteiger charge is -2.15. The summed E-state index contributed by atoms with van der Waals surface area (Å²) >= 11 is 6.29. The standard InChI is InChI=1S/C18H16ClN5O/c1-11-3-2-4-15(19)14(11)9-16-22-17(24-18(25)23-16)21-13-7-5-12(10-20)6-8-13/h4-8H,2-3,9H2,1H3,(H2,21,22,23,24,25). The summed E-state index contributed by atoms with van der Waals surface area (Å²) < 4.78 is 0. The van der Waals surface area contributed by atoms with Gasteiger partial charge in [-0.3, -0.25) is 4.98 Å². The number of nitriles is 1. The summed E-state index contributed by atoms with van der Waals surface area (Å²) in [7, 11) is 0. The highest BCUT2D eigenvalue weighted by atomic mass is 35.5. The van der Waals surface area contributed by atoms with Gasteiger partial charge in [0.2, 0.25) is 5.95 Å². The van der Waals surface area contributed by atoms with Crippen LogP contribution in [0.3, 0.4) is 0 Å². The number of aromatic amines is 1. The molecule has 0 bridgehead atoms. The Morgan fingerprint density at radius 2 is 2.08 bits per heavy atom. The first-order valence-electron chi connectivity index (χ1n) is 7.84. The van der Waals surface area contributed by atoms with Crippen LogP contribution in [0, 0.1) is 11.3 Å². The molecule has 1 aliphatic carbocycles. The van der Waals surface area contributed by atoms with Gasteiger partial charge in [0, 0.05) is 17.1 Å². The molecule has 126 valence electrons. The number of hydrogen-bond acceptors (Lipinski definition) is 5. The van der Waals surface area contributed by atoms with Crippen LogP contribution in [0.2, 0.25) is 0 Å². The highest BCUT2D eigenvalue weighted by Gasteiger charge is 2.14. The minimum absolute atomic E-state index is 0.206. The molecule has 3 rings (SSSR count). The molecule has 2 N–H and O–H groups in total. The molecule has 1 aromatic carbocycles. The predicted octanol–water partition coefficient (Wildman–Crippen LogP) is 3.56. The van der Waals surface area contributed by atoms with Crippen LogP contribution in [-0.4, -0.2) is 15.0 Å². The Bertz CT molecular complexity index is 951. The molecule has 0 saturated heterocycles. The number of nitrogens with zero attached hydrogens (tertiary/aromatic N) is 3. The third-order valence-electron chi connectivity index (χ3n) is 3.96. The number of H-pyrrole nitrogens is 1. The first kappa shape index (κ1) is 16.9. The van der Waals surface area contributed by atoms with Crippen LogP contribution in [-0.2, 0) is 6.42 Å². The maximum Gasteiger partial charge on any atom is 0.349 e. The van der Waals surface area contributed by atoms with E-state index >= 15 is 0 Å². The predicted molar refractivity (Wildman–Crippen MR) is 96.7 cm³/mol. The second-order valence-electron chi connectivity index (χ2n) is 5.76. The minimum atomic E-state index is -0.477. The second kappa shape index (κ2) is 7.32. The highest BCUT2D eigenvalue weighted by molar-refractivity contribution is 6.32. The van der Waals surface area contributed by atoms with Gasteiger partial charge in [0.1, 0.15) is 5.82 Å². The largest absolute Gasteiger partial charge is 0.349 e. The molecule has 0 unspecified atom stereocenters. The van der Waals surface area contributed by atoms with E-state index < -0.39 is 5.69 Å². The molecular weight excluding hydrogens is 338 g/mol. The van der Waals surface area contributed by atoms with Gasteiger partial charge in [0.15, 0.2) is 0 Å². The van der Waals surface area contributed by atoms with E-state index in [0.717, 1.165) is 18.4 Å². The van der Waals surface area contributed by atoms with E-state index in [-0.39, 0.29) is 5.95 Å². The monoisotopic (exact) mass is 353 g/mol. The molecule has 0 radical (unpaired) electrons. The molecule has 0 fully saturated rings. The summed E-state index contributed by atoms with van der Waals surface area (Å²) in [5.41, 5.74) is 2.97.